The highest BCUT2D eigenvalue weighted by Gasteiger charge is 2.41. The highest BCUT2D eigenvalue weighted by Crippen LogP contribution is 2.41. The van der Waals surface area contributed by atoms with Crippen LogP contribution in [0, 0.1) is 0 Å². The second kappa shape index (κ2) is 6.02. The van der Waals surface area contributed by atoms with Gasteiger partial charge < -0.3 is 9.47 Å². The lowest BCUT2D eigenvalue weighted by atomic mass is 10.1. The van der Waals surface area contributed by atoms with Gasteiger partial charge in [-0.05, 0) is 6.92 Å². The zero-order chi connectivity index (χ0) is 15.5. The second-order valence-electron chi connectivity index (χ2n) is 3.49. The SMILES string of the molecule is CCOC(=O)c1cc(OC)c(C(F)(F)F)c(C(F)F)n1. The third kappa shape index (κ3) is 3.34. The minimum Gasteiger partial charge on any atom is -0.496 e. The molecule has 0 saturated heterocycles. The average molecular weight is 299 g/mol. The molecule has 1 aromatic rings. The summed E-state index contributed by atoms with van der Waals surface area (Å²) < 4.78 is 72.7. The number of aromatic nitrogens is 1. The highest BCUT2D eigenvalue weighted by atomic mass is 19.4. The molecule has 1 aromatic heterocycles. The van der Waals surface area contributed by atoms with Crippen molar-refractivity contribution in [3.05, 3.63) is 23.0 Å². The normalized spacial score (nSPS) is 11.6. The molecular weight excluding hydrogens is 289 g/mol. The van der Waals surface area contributed by atoms with E-state index >= 15 is 0 Å². The Morgan fingerprint density at radius 1 is 1.40 bits per heavy atom. The Bertz CT molecular complexity index is 502. The van der Waals surface area contributed by atoms with E-state index in [2.05, 4.69) is 14.5 Å². The summed E-state index contributed by atoms with van der Waals surface area (Å²) in [6.07, 6.45) is -8.60. The molecule has 0 atom stereocenters. The number of methoxy groups -OCH3 is 1. The standard InChI is InChI=1S/C11H10F5NO3/c1-3-20-10(18)5-4-6(19-2)7(11(14,15)16)8(17-5)9(12)13/h4,9H,3H2,1-2H3. The number of ether oxygens (including phenoxy) is 2. The van der Waals surface area contributed by atoms with Crippen molar-refractivity contribution in [2.24, 2.45) is 0 Å². The lowest BCUT2D eigenvalue weighted by Gasteiger charge is -2.16. The van der Waals surface area contributed by atoms with Gasteiger partial charge in [-0.15, -0.1) is 0 Å². The molecule has 4 nitrogen and oxygen atoms in total. The molecule has 112 valence electrons. The van der Waals surface area contributed by atoms with Crippen LogP contribution in [0.3, 0.4) is 0 Å². The summed E-state index contributed by atoms with van der Waals surface area (Å²) in [5.74, 6) is -2.02. The maximum atomic E-state index is 12.8. The molecule has 20 heavy (non-hydrogen) atoms. The molecule has 1 heterocycles. The first kappa shape index (κ1) is 16.1. The molecule has 0 aromatic carbocycles. The molecule has 0 spiro atoms. The fourth-order valence-electron chi connectivity index (χ4n) is 1.45. The molecule has 0 aliphatic rings. The number of halogens is 5. The largest absolute Gasteiger partial charge is 0.496 e. The van der Waals surface area contributed by atoms with Gasteiger partial charge in [0.1, 0.15) is 17.0 Å². The number of alkyl halides is 5. The summed E-state index contributed by atoms with van der Waals surface area (Å²) in [7, 11) is 0.870. The van der Waals surface area contributed by atoms with Gasteiger partial charge in [0.25, 0.3) is 6.43 Å². The van der Waals surface area contributed by atoms with Crippen molar-refractivity contribution in [3.8, 4) is 5.75 Å². The van der Waals surface area contributed by atoms with E-state index in [-0.39, 0.29) is 6.61 Å². The van der Waals surface area contributed by atoms with Crippen LogP contribution in [0.15, 0.2) is 6.07 Å². The number of carbonyl (C=O) groups is 1. The van der Waals surface area contributed by atoms with Crippen LogP contribution in [0.25, 0.3) is 0 Å². The molecule has 0 bridgehead atoms. The van der Waals surface area contributed by atoms with Crippen LogP contribution in [-0.2, 0) is 10.9 Å². The van der Waals surface area contributed by atoms with Crippen LogP contribution in [0.4, 0.5) is 22.0 Å². The molecule has 0 N–H and O–H groups in total. The van der Waals surface area contributed by atoms with Crippen LogP contribution >= 0.6 is 0 Å². The fourth-order valence-corrected chi connectivity index (χ4v) is 1.45. The van der Waals surface area contributed by atoms with Crippen molar-refractivity contribution >= 4 is 5.97 Å². The van der Waals surface area contributed by atoms with Crippen LogP contribution in [0.5, 0.6) is 5.75 Å². The monoisotopic (exact) mass is 299 g/mol. The van der Waals surface area contributed by atoms with E-state index in [1.807, 2.05) is 0 Å². The number of hydrogen-bond acceptors (Lipinski definition) is 4. The zero-order valence-corrected chi connectivity index (χ0v) is 10.4. The summed E-state index contributed by atoms with van der Waals surface area (Å²) in [5, 5.41) is 0. The van der Waals surface area contributed by atoms with Gasteiger partial charge in [0.05, 0.1) is 13.7 Å². The molecule has 0 radical (unpaired) electrons. The van der Waals surface area contributed by atoms with E-state index in [9.17, 15) is 26.7 Å². The van der Waals surface area contributed by atoms with E-state index in [1.165, 1.54) is 6.92 Å². The van der Waals surface area contributed by atoms with Crippen LogP contribution < -0.4 is 4.74 Å². The summed E-state index contributed by atoms with van der Waals surface area (Å²) in [5.41, 5.74) is -3.95. The van der Waals surface area contributed by atoms with Crippen molar-refractivity contribution in [2.45, 2.75) is 19.5 Å². The highest BCUT2D eigenvalue weighted by molar-refractivity contribution is 5.88. The summed E-state index contributed by atoms with van der Waals surface area (Å²) in [6.45, 7) is 1.38. The first-order valence-electron chi connectivity index (χ1n) is 5.33. The molecule has 1 rings (SSSR count). The Kier molecular flexibility index (Phi) is 4.85. The van der Waals surface area contributed by atoms with Crippen molar-refractivity contribution < 1.29 is 36.2 Å². The summed E-state index contributed by atoms with van der Waals surface area (Å²) in [6, 6.07) is 0.618. The zero-order valence-electron chi connectivity index (χ0n) is 10.4. The molecule has 0 saturated carbocycles. The van der Waals surface area contributed by atoms with Gasteiger partial charge in [0.15, 0.2) is 5.69 Å². The van der Waals surface area contributed by atoms with Crippen LogP contribution in [-0.4, -0.2) is 24.7 Å². The smallest absolute Gasteiger partial charge is 0.421 e. The van der Waals surface area contributed by atoms with E-state index in [0.29, 0.717) is 6.07 Å². The molecule has 0 aliphatic heterocycles. The quantitative estimate of drug-likeness (QED) is 0.632. The number of carbonyl (C=O) groups excluding carboxylic acids is 1. The number of nitrogens with zero attached hydrogens (tertiary/aromatic N) is 1. The number of pyridine rings is 1. The van der Waals surface area contributed by atoms with Crippen molar-refractivity contribution in [2.75, 3.05) is 13.7 Å². The first-order chi connectivity index (χ1) is 9.22. The maximum Gasteiger partial charge on any atom is 0.421 e. The fraction of sp³-hybridized carbons (Fsp3) is 0.455. The minimum absolute atomic E-state index is 0.0755. The molecule has 0 unspecified atom stereocenters. The Morgan fingerprint density at radius 3 is 2.40 bits per heavy atom. The average Bonchev–Trinajstić information content (AvgIpc) is 2.36. The molecule has 0 fully saturated rings. The van der Waals surface area contributed by atoms with E-state index in [4.69, 9.17) is 0 Å². The Labute approximate surface area is 110 Å². The van der Waals surface area contributed by atoms with Crippen molar-refractivity contribution in [1.82, 2.24) is 4.98 Å². The first-order valence-corrected chi connectivity index (χ1v) is 5.33. The number of rotatable bonds is 4. The van der Waals surface area contributed by atoms with Gasteiger partial charge in [-0.1, -0.05) is 0 Å². The summed E-state index contributed by atoms with van der Waals surface area (Å²) >= 11 is 0. The second-order valence-corrected chi connectivity index (χ2v) is 3.49. The van der Waals surface area contributed by atoms with Gasteiger partial charge in [0, 0.05) is 6.07 Å². The maximum absolute atomic E-state index is 12.8. The van der Waals surface area contributed by atoms with E-state index in [0.717, 1.165) is 7.11 Å². The number of hydrogen-bond donors (Lipinski definition) is 0. The minimum atomic E-state index is -5.09. The van der Waals surface area contributed by atoms with Gasteiger partial charge in [-0.2, -0.15) is 13.2 Å². The van der Waals surface area contributed by atoms with Gasteiger partial charge in [0.2, 0.25) is 0 Å². The van der Waals surface area contributed by atoms with E-state index in [1.54, 1.807) is 0 Å². The van der Waals surface area contributed by atoms with Crippen molar-refractivity contribution in [3.63, 3.8) is 0 Å². The van der Waals surface area contributed by atoms with Crippen molar-refractivity contribution in [1.29, 1.82) is 0 Å². The summed E-state index contributed by atoms with van der Waals surface area (Å²) in [4.78, 5) is 14.4. The van der Waals surface area contributed by atoms with Gasteiger partial charge in [-0.3, -0.25) is 0 Å². The molecular formula is C11H10F5NO3. The number of esters is 1. The Balaban J connectivity index is 3.51. The third-order valence-electron chi connectivity index (χ3n) is 2.21. The van der Waals surface area contributed by atoms with Gasteiger partial charge >= 0.3 is 12.1 Å². The topological polar surface area (TPSA) is 48.4 Å². The van der Waals surface area contributed by atoms with Crippen LogP contribution in [0.1, 0.15) is 35.1 Å². The predicted octanol–water partition coefficient (Wildman–Crippen LogP) is 3.22. The van der Waals surface area contributed by atoms with Gasteiger partial charge in [-0.25, -0.2) is 18.6 Å². The lowest BCUT2D eigenvalue weighted by Crippen LogP contribution is -2.17. The molecule has 0 amide bonds. The third-order valence-corrected chi connectivity index (χ3v) is 2.21. The lowest BCUT2D eigenvalue weighted by molar-refractivity contribution is -0.141. The predicted molar refractivity (Wildman–Crippen MR) is 56.7 cm³/mol. The Hall–Kier alpha value is -1.93. The molecule has 9 heteroatoms. The van der Waals surface area contributed by atoms with Crippen LogP contribution in [0.2, 0.25) is 0 Å². The van der Waals surface area contributed by atoms with E-state index < -0.39 is 41.3 Å². The Morgan fingerprint density at radius 2 is 2.00 bits per heavy atom. The molecule has 0 aliphatic carbocycles.